The first-order chi connectivity index (χ1) is 9.49. The van der Waals surface area contributed by atoms with Gasteiger partial charge in [0, 0.05) is 15.7 Å². The van der Waals surface area contributed by atoms with Gasteiger partial charge in [0.05, 0.1) is 11.7 Å². The Labute approximate surface area is 124 Å². The molecule has 0 saturated heterocycles. The molecule has 0 bridgehead atoms. The van der Waals surface area contributed by atoms with Gasteiger partial charge in [0.2, 0.25) is 0 Å². The summed E-state index contributed by atoms with van der Waals surface area (Å²) in [6, 6.07) is 10.8. The Hall–Kier alpha value is -1.72. The van der Waals surface area contributed by atoms with Crippen LogP contribution in [-0.2, 0) is 0 Å². The Bertz CT molecular complexity index is 644. The van der Waals surface area contributed by atoms with Crippen molar-refractivity contribution in [3.8, 4) is 0 Å². The molecule has 0 aliphatic heterocycles. The van der Waals surface area contributed by atoms with Crippen molar-refractivity contribution in [1.29, 1.82) is 0 Å². The van der Waals surface area contributed by atoms with Crippen molar-refractivity contribution in [1.82, 2.24) is 0 Å². The molecule has 0 aromatic heterocycles. The molecule has 0 spiro atoms. The van der Waals surface area contributed by atoms with Gasteiger partial charge in [-0.1, -0.05) is 18.2 Å². The van der Waals surface area contributed by atoms with Gasteiger partial charge >= 0.3 is 0 Å². The van der Waals surface area contributed by atoms with Crippen LogP contribution in [0.5, 0.6) is 0 Å². The molecule has 2 aromatic rings. The molecular weight excluding hydrogens is 325 g/mol. The van der Waals surface area contributed by atoms with Crippen LogP contribution in [0.1, 0.15) is 28.9 Å². The summed E-state index contributed by atoms with van der Waals surface area (Å²) in [6.45, 7) is 1.62. The van der Waals surface area contributed by atoms with Crippen LogP contribution in [0.15, 0.2) is 46.9 Å². The Balaban J connectivity index is 2.28. The first kappa shape index (κ1) is 14.7. The SMILES string of the molecule is CC(O)c1ccccc1NC(=O)c1ccc(F)cc1Br. The molecule has 3 nitrogen and oxygen atoms in total. The van der Waals surface area contributed by atoms with Crippen LogP contribution in [0.2, 0.25) is 0 Å². The van der Waals surface area contributed by atoms with E-state index >= 15 is 0 Å². The molecule has 1 amide bonds. The third kappa shape index (κ3) is 3.23. The van der Waals surface area contributed by atoms with Crippen molar-refractivity contribution < 1.29 is 14.3 Å². The van der Waals surface area contributed by atoms with Gasteiger partial charge in [-0.3, -0.25) is 4.79 Å². The number of para-hydroxylation sites is 1. The summed E-state index contributed by atoms with van der Waals surface area (Å²) in [5, 5.41) is 12.4. The molecule has 0 heterocycles. The number of benzene rings is 2. The number of aliphatic hydroxyl groups is 1. The lowest BCUT2D eigenvalue weighted by molar-refractivity contribution is 0.102. The number of carbonyl (C=O) groups is 1. The minimum atomic E-state index is -0.692. The Morgan fingerprint density at radius 3 is 2.65 bits per heavy atom. The van der Waals surface area contributed by atoms with E-state index in [0.29, 0.717) is 21.3 Å². The number of carbonyl (C=O) groups excluding carboxylic acids is 1. The van der Waals surface area contributed by atoms with Gasteiger partial charge in [0.1, 0.15) is 5.82 Å². The largest absolute Gasteiger partial charge is 0.389 e. The summed E-state index contributed by atoms with van der Waals surface area (Å²) in [7, 11) is 0. The highest BCUT2D eigenvalue weighted by atomic mass is 79.9. The van der Waals surface area contributed by atoms with Crippen molar-refractivity contribution in [2.75, 3.05) is 5.32 Å². The van der Waals surface area contributed by atoms with Gasteiger partial charge in [-0.25, -0.2) is 4.39 Å². The molecule has 0 aliphatic rings. The number of amides is 1. The van der Waals surface area contributed by atoms with E-state index in [-0.39, 0.29) is 5.91 Å². The maximum Gasteiger partial charge on any atom is 0.256 e. The molecular formula is C15H13BrFNO2. The highest BCUT2D eigenvalue weighted by Gasteiger charge is 2.14. The lowest BCUT2D eigenvalue weighted by atomic mass is 10.1. The average Bonchev–Trinajstić information content (AvgIpc) is 2.38. The second kappa shape index (κ2) is 6.15. The molecule has 20 heavy (non-hydrogen) atoms. The van der Waals surface area contributed by atoms with Crippen LogP contribution in [-0.4, -0.2) is 11.0 Å². The van der Waals surface area contributed by atoms with E-state index in [2.05, 4.69) is 21.2 Å². The van der Waals surface area contributed by atoms with E-state index < -0.39 is 11.9 Å². The summed E-state index contributed by atoms with van der Waals surface area (Å²) in [4.78, 5) is 12.2. The van der Waals surface area contributed by atoms with Crippen LogP contribution in [0.4, 0.5) is 10.1 Å². The molecule has 0 saturated carbocycles. The molecule has 2 N–H and O–H groups in total. The zero-order chi connectivity index (χ0) is 14.7. The molecule has 104 valence electrons. The number of anilines is 1. The van der Waals surface area contributed by atoms with E-state index in [1.54, 1.807) is 31.2 Å². The third-order valence-corrected chi connectivity index (χ3v) is 3.49. The first-order valence-corrected chi connectivity index (χ1v) is 6.81. The van der Waals surface area contributed by atoms with Crippen LogP contribution in [0, 0.1) is 5.82 Å². The third-order valence-electron chi connectivity index (χ3n) is 2.83. The molecule has 2 rings (SSSR count). The molecule has 5 heteroatoms. The lowest BCUT2D eigenvalue weighted by Crippen LogP contribution is -2.14. The predicted molar refractivity (Wildman–Crippen MR) is 79.1 cm³/mol. The quantitative estimate of drug-likeness (QED) is 0.892. The van der Waals surface area contributed by atoms with Gasteiger partial charge in [0.15, 0.2) is 0 Å². The van der Waals surface area contributed by atoms with Crippen LogP contribution in [0.25, 0.3) is 0 Å². The van der Waals surface area contributed by atoms with Crippen LogP contribution < -0.4 is 5.32 Å². The summed E-state index contributed by atoms with van der Waals surface area (Å²) in [6.07, 6.45) is -0.692. The molecule has 1 atom stereocenters. The van der Waals surface area contributed by atoms with Crippen molar-refractivity contribution in [2.24, 2.45) is 0 Å². The number of halogens is 2. The Morgan fingerprint density at radius 2 is 2.00 bits per heavy atom. The summed E-state index contributed by atoms with van der Waals surface area (Å²) in [5.41, 5.74) is 1.48. The number of aliphatic hydroxyl groups excluding tert-OH is 1. The van der Waals surface area contributed by atoms with Crippen molar-refractivity contribution in [3.05, 3.63) is 63.9 Å². The number of hydrogen-bond acceptors (Lipinski definition) is 2. The first-order valence-electron chi connectivity index (χ1n) is 6.02. The minimum Gasteiger partial charge on any atom is -0.389 e. The topological polar surface area (TPSA) is 49.3 Å². The highest BCUT2D eigenvalue weighted by molar-refractivity contribution is 9.10. The van der Waals surface area contributed by atoms with Gasteiger partial charge in [-0.05, 0) is 47.1 Å². The molecule has 2 aromatic carbocycles. The van der Waals surface area contributed by atoms with E-state index in [0.717, 1.165) is 0 Å². The maximum atomic E-state index is 13.0. The zero-order valence-corrected chi connectivity index (χ0v) is 12.3. The fourth-order valence-corrected chi connectivity index (χ4v) is 2.37. The van der Waals surface area contributed by atoms with Gasteiger partial charge < -0.3 is 10.4 Å². The highest BCUT2D eigenvalue weighted by Crippen LogP contribution is 2.24. The van der Waals surface area contributed by atoms with E-state index in [4.69, 9.17) is 0 Å². The molecule has 0 fully saturated rings. The van der Waals surface area contributed by atoms with E-state index in [1.165, 1.54) is 18.2 Å². The van der Waals surface area contributed by atoms with Crippen LogP contribution >= 0.6 is 15.9 Å². The molecule has 0 radical (unpaired) electrons. The van der Waals surface area contributed by atoms with Gasteiger partial charge in [0.25, 0.3) is 5.91 Å². The zero-order valence-electron chi connectivity index (χ0n) is 10.7. The summed E-state index contributed by atoms with van der Waals surface area (Å²) < 4.78 is 13.4. The van der Waals surface area contributed by atoms with E-state index in [9.17, 15) is 14.3 Å². The second-order valence-electron chi connectivity index (χ2n) is 4.34. The Kier molecular flexibility index (Phi) is 4.52. The second-order valence-corrected chi connectivity index (χ2v) is 5.20. The summed E-state index contributed by atoms with van der Waals surface area (Å²) in [5.74, 6) is -0.789. The number of hydrogen-bond donors (Lipinski definition) is 2. The Morgan fingerprint density at radius 1 is 1.30 bits per heavy atom. The standard InChI is InChI=1S/C15H13BrFNO2/c1-9(19)11-4-2-3-5-14(11)18-15(20)12-7-6-10(17)8-13(12)16/h2-9,19H,1H3,(H,18,20). The monoisotopic (exact) mass is 337 g/mol. The smallest absolute Gasteiger partial charge is 0.256 e. The minimum absolute atomic E-state index is 0.326. The fraction of sp³-hybridized carbons (Fsp3) is 0.133. The molecule has 0 aliphatic carbocycles. The molecule has 1 unspecified atom stereocenters. The van der Waals surface area contributed by atoms with Gasteiger partial charge in [-0.15, -0.1) is 0 Å². The number of nitrogens with one attached hydrogen (secondary N) is 1. The van der Waals surface area contributed by atoms with Gasteiger partial charge in [-0.2, -0.15) is 0 Å². The van der Waals surface area contributed by atoms with Crippen LogP contribution in [0.3, 0.4) is 0 Å². The summed E-state index contributed by atoms with van der Waals surface area (Å²) >= 11 is 3.16. The van der Waals surface area contributed by atoms with Crippen molar-refractivity contribution >= 4 is 27.5 Å². The normalized spacial score (nSPS) is 12.0. The fourth-order valence-electron chi connectivity index (χ4n) is 1.84. The number of rotatable bonds is 3. The average molecular weight is 338 g/mol. The van der Waals surface area contributed by atoms with Crippen molar-refractivity contribution in [3.63, 3.8) is 0 Å². The van der Waals surface area contributed by atoms with E-state index in [1.807, 2.05) is 0 Å². The predicted octanol–water partition coefficient (Wildman–Crippen LogP) is 3.89. The maximum absolute atomic E-state index is 13.0. The van der Waals surface area contributed by atoms with Crippen molar-refractivity contribution in [2.45, 2.75) is 13.0 Å². The lowest BCUT2D eigenvalue weighted by Gasteiger charge is -2.13.